The molecule has 102 valence electrons. The Morgan fingerprint density at radius 3 is 2.78 bits per heavy atom. The average molecular weight is 267 g/mol. The summed E-state index contributed by atoms with van der Waals surface area (Å²) in [5.74, 6) is 0.421. The first-order valence-electron chi connectivity index (χ1n) is 7.08. The summed E-state index contributed by atoms with van der Waals surface area (Å²) in [6, 6.07) is 4.08. The first-order chi connectivity index (χ1) is 8.77. The molecule has 0 saturated carbocycles. The van der Waals surface area contributed by atoms with E-state index in [-0.39, 0.29) is 11.8 Å². The second-order valence-electron chi connectivity index (χ2n) is 4.75. The molecule has 1 unspecified atom stereocenters. The maximum Gasteiger partial charge on any atom is 0.223 e. The summed E-state index contributed by atoms with van der Waals surface area (Å²) in [4.78, 5) is 13.3. The standard InChI is InChI=1S/C15H25NOS/c1-3-5-6-7-9-13(4-2)15(17)16-12-14-10-8-11-18-14/h8,10-11,13H,3-7,9,12H2,1-2H3,(H,16,17). The van der Waals surface area contributed by atoms with Crippen molar-refractivity contribution in [3.8, 4) is 0 Å². The molecule has 1 atom stereocenters. The smallest absolute Gasteiger partial charge is 0.223 e. The summed E-state index contributed by atoms with van der Waals surface area (Å²) in [6.07, 6.45) is 6.95. The number of amides is 1. The Bertz CT molecular complexity index is 321. The Balaban J connectivity index is 2.23. The lowest BCUT2D eigenvalue weighted by Gasteiger charge is -2.14. The minimum Gasteiger partial charge on any atom is -0.351 e. The predicted octanol–water partition coefficient (Wildman–Crippen LogP) is 4.36. The van der Waals surface area contributed by atoms with Crippen LogP contribution in [0.1, 0.15) is 57.2 Å². The fraction of sp³-hybridized carbons (Fsp3) is 0.667. The van der Waals surface area contributed by atoms with E-state index in [1.807, 2.05) is 11.4 Å². The Morgan fingerprint density at radius 1 is 1.33 bits per heavy atom. The van der Waals surface area contributed by atoms with E-state index in [4.69, 9.17) is 0 Å². The van der Waals surface area contributed by atoms with Crippen molar-refractivity contribution in [1.29, 1.82) is 0 Å². The summed E-state index contributed by atoms with van der Waals surface area (Å²) < 4.78 is 0. The second kappa shape index (κ2) is 9.15. The quantitative estimate of drug-likeness (QED) is 0.662. The van der Waals surface area contributed by atoms with E-state index in [9.17, 15) is 4.79 Å². The molecule has 0 saturated heterocycles. The molecule has 0 aliphatic heterocycles. The van der Waals surface area contributed by atoms with Crippen molar-refractivity contribution >= 4 is 17.2 Å². The molecule has 0 aromatic carbocycles. The molecule has 1 amide bonds. The Morgan fingerprint density at radius 2 is 2.17 bits per heavy atom. The number of hydrogen-bond donors (Lipinski definition) is 1. The molecular formula is C15H25NOS. The van der Waals surface area contributed by atoms with Gasteiger partial charge in [0.05, 0.1) is 6.54 Å². The highest BCUT2D eigenvalue weighted by Gasteiger charge is 2.15. The Hall–Kier alpha value is -0.830. The number of thiophene rings is 1. The maximum absolute atomic E-state index is 12.0. The van der Waals surface area contributed by atoms with Gasteiger partial charge in [0.1, 0.15) is 0 Å². The fourth-order valence-electron chi connectivity index (χ4n) is 2.07. The van der Waals surface area contributed by atoms with E-state index in [0.29, 0.717) is 6.54 Å². The molecule has 1 heterocycles. The van der Waals surface area contributed by atoms with Crippen LogP contribution in [0.25, 0.3) is 0 Å². The van der Waals surface area contributed by atoms with Crippen LogP contribution < -0.4 is 5.32 Å². The molecule has 1 aromatic heterocycles. The van der Waals surface area contributed by atoms with Crippen LogP contribution in [0.3, 0.4) is 0 Å². The zero-order chi connectivity index (χ0) is 13.2. The number of carbonyl (C=O) groups is 1. The highest BCUT2D eigenvalue weighted by molar-refractivity contribution is 7.09. The summed E-state index contributed by atoms with van der Waals surface area (Å²) in [5.41, 5.74) is 0. The van der Waals surface area contributed by atoms with Gasteiger partial charge in [0, 0.05) is 10.8 Å². The Kier molecular flexibility index (Phi) is 7.74. The third kappa shape index (κ3) is 5.67. The van der Waals surface area contributed by atoms with E-state index >= 15 is 0 Å². The second-order valence-corrected chi connectivity index (χ2v) is 5.78. The molecule has 1 N–H and O–H groups in total. The van der Waals surface area contributed by atoms with Gasteiger partial charge in [-0.2, -0.15) is 0 Å². The molecule has 0 fully saturated rings. The van der Waals surface area contributed by atoms with Crippen molar-refractivity contribution in [2.45, 2.75) is 58.9 Å². The van der Waals surface area contributed by atoms with E-state index < -0.39 is 0 Å². The summed E-state index contributed by atoms with van der Waals surface area (Å²) >= 11 is 1.69. The van der Waals surface area contributed by atoms with Crippen molar-refractivity contribution in [3.05, 3.63) is 22.4 Å². The molecule has 1 aromatic rings. The van der Waals surface area contributed by atoms with Crippen molar-refractivity contribution in [2.24, 2.45) is 5.92 Å². The van der Waals surface area contributed by atoms with Gasteiger partial charge in [0.15, 0.2) is 0 Å². The molecule has 2 nitrogen and oxygen atoms in total. The van der Waals surface area contributed by atoms with Gasteiger partial charge in [-0.3, -0.25) is 4.79 Å². The van der Waals surface area contributed by atoms with Gasteiger partial charge in [0.25, 0.3) is 0 Å². The van der Waals surface area contributed by atoms with Gasteiger partial charge in [-0.1, -0.05) is 45.6 Å². The van der Waals surface area contributed by atoms with Crippen LogP contribution >= 0.6 is 11.3 Å². The molecule has 18 heavy (non-hydrogen) atoms. The lowest BCUT2D eigenvalue weighted by atomic mass is 9.97. The third-order valence-electron chi connectivity index (χ3n) is 3.29. The van der Waals surface area contributed by atoms with E-state index in [0.717, 1.165) is 12.8 Å². The molecule has 0 spiro atoms. The first kappa shape index (κ1) is 15.2. The Labute approximate surface area is 115 Å². The maximum atomic E-state index is 12.0. The van der Waals surface area contributed by atoms with E-state index in [2.05, 4.69) is 25.2 Å². The van der Waals surface area contributed by atoms with Gasteiger partial charge in [-0.25, -0.2) is 0 Å². The monoisotopic (exact) mass is 267 g/mol. The minimum atomic E-state index is 0.196. The molecular weight excluding hydrogens is 242 g/mol. The van der Waals surface area contributed by atoms with Crippen LogP contribution in [0.5, 0.6) is 0 Å². The van der Waals surface area contributed by atoms with E-state index in [1.165, 1.54) is 30.6 Å². The van der Waals surface area contributed by atoms with Gasteiger partial charge in [0.2, 0.25) is 5.91 Å². The average Bonchev–Trinajstić information content (AvgIpc) is 2.89. The zero-order valence-electron chi connectivity index (χ0n) is 11.6. The fourth-order valence-corrected chi connectivity index (χ4v) is 2.71. The van der Waals surface area contributed by atoms with Crippen LogP contribution in [0.2, 0.25) is 0 Å². The molecule has 0 aliphatic rings. The van der Waals surface area contributed by atoms with Gasteiger partial charge in [-0.05, 0) is 24.3 Å². The van der Waals surface area contributed by atoms with Crippen molar-refractivity contribution < 1.29 is 4.79 Å². The molecule has 0 aliphatic carbocycles. The number of rotatable bonds is 9. The minimum absolute atomic E-state index is 0.196. The van der Waals surface area contributed by atoms with E-state index in [1.54, 1.807) is 11.3 Å². The number of hydrogen-bond acceptors (Lipinski definition) is 2. The normalized spacial score (nSPS) is 12.3. The van der Waals surface area contributed by atoms with Crippen molar-refractivity contribution in [1.82, 2.24) is 5.32 Å². The van der Waals surface area contributed by atoms with Crippen LogP contribution in [-0.2, 0) is 11.3 Å². The van der Waals surface area contributed by atoms with Crippen molar-refractivity contribution in [2.75, 3.05) is 0 Å². The highest BCUT2D eigenvalue weighted by atomic mass is 32.1. The SMILES string of the molecule is CCCCCCC(CC)C(=O)NCc1cccs1. The third-order valence-corrected chi connectivity index (χ3v) is 4.16. The summed E-state index contributed by atoms with van der Waals surface area (Å²) in [5, 5.41) is 5.09. The summed E-state index contributed by atoms with van der Waals surface area (Å²) in [6.45, 7) is 5.00. The largest absolute Gasteiger partial charge is 0.351 e. The number of carbonyl (C=O) groups excluding carboxylic acids is 1. The lowest BCUT2D eigenvalue weighted by Crippen LogP contribution is -2.29. The zero-order valence-corrected chi connectivity index (χ0v) is 12.4. The topological polar surface area (TPSA) is 29.1 Å². The predicted molar refractivity (Wildman–Crippen MR) is 78.7 cm³/mol. The molecule has 3 heteroatoms. The van der Waals surface area contributed by atoms with Gasteiger partial charge < -0.3 is 5.32 Å². The van der Waals surface area contributed by atoms with Crippen LogP contribution in [0.4, 0.5) is 0 Å². The first-order valence-corrected chi connectivity index (χ1v) is 7.96. The van der Waals surface area contributed by atoms with Crippen molar-refractivity contribution in [3.63, 3.8) is 0 Å². The van der Waals surface area contributed by atoms with Crippen LogP contribution in [0.15, 0.2) is 17.5 Å². The molecule has 0 bridgehead atoms. The molecule has 0 radical (unpaired) electrons. The van der Waals surface area contributed by atoms with Crippen LogP contribution in [-0.4, -0.2) is 5.91 Å². The van der Waals surface area contributed by atoms with Gasteiger partial charge in [-0.15, -0.1) is 11.3 Å². The number of nitrogens with one attached hydrogen (secondary N) is 1. The highest BCUT2D eigenvalue weighted by Crippen LogP contribution is 2.15. The summed E-state index contributed by atoms with van der Waals surface area (Å²) in [7, 11) is 0. The molecule has 1 rings (SSSR count). The lowest BCUT2D eigenvalue weighted by molar-refractivity contribution is -0.125. The number of unbranched alkanes of at least 4 members (excludes halogenated alkanes) is 3. The van der Waals surface area contributed by atoms with Gasteiger partial charge >= 0.3 is 0 Å². The van der Waals surface area contributed by atoms with Crippen LogP contribution in [0, 0.1) is 5.92 Å².